The Morgan fingerprint density at radius 1 is 1.21 bits per heavy atom. The standard InChI is InChI=1S/C12H16F2N2O2.ClH/c1-18-7-6-15-4-5-16-12(17)9-2-3-10(13)11(14)8-9;/h2-3,8,15H,4-7H2,1H3,(H,16,17);1H. The van der Waals surface area contributed by atoms with Crippen molar-refractivity contribution in [3.8, 4) is 0 Å². The first-order valence-electron chi connectivity index (χ1n) is 5.58. The van der Waals surface area contributed by atoms with Crippen LogP contribution in [0, 0.1) is 11.6 Å². The Hall–Kier alpha value is -1.24. The third-order valence-electron chi connectivity index (χ3n) is 2.25. The summed E-state index contributed by atoms with van der Waals surface area (Å²) in [6.45, 7) is 2.27. The Labute approximate surface area is 116 Å². The van der Waals surface area contributed by atoms with Gasteiger partial charge in [-0.2, -0.15) is 0 Å². The summed E-state index contributed by atoms with van der Waals surface area (Å²) in [6.07, 6.45) is 0. The lowest BCUT2D eigenvalue weighted by molar-refractivity contribution is 0.0953. The van der Waals surface area contributed by atoms with Gasteiger partial charge in [-0.25, -0.2) is 8.78 Å². The molecule has 1 aromatic carbocycles. The van der Waals surface area contributed by atoms with Gasteiger partial charge in [0.15, 0.2) is 11.6 Å². The largest absolute Gasteiger partial charge is 0.383 e. The van der Waals surface area contributed by atoms with Gasteiger partial charge in [-0.05, 0) is 18.2 Å². The Morgan fingerprint density at radius 2 is 1.95 bits per heavy atom. The zero-order valence-electron chi connectivity index (χ0n) is 10.5. The summed E-state index contributed by atoms with van der Waals surface area (Å²) in [5.74, 6) is -2.42. The number of halogens is 3. The number of ether oxygens (including phenoxy) is 1. The number of carbonyl (C=O) groups is 1. The van der Waals surface area contributed by atoms with E-state index >= 15 is 0 Å². The van der Waals surface area contributed by atoms with E-state index in [1.54, 1.807) is 7.11 Å². The SMILES string of the molecule is COCCNCCNC(=O)c1ccc(F)c(F)c1.Cl. The third kappa shape index (κ3) is 6.47. The van der Waals surface area contributed by atoms with E-state index < -0.39 is 17.5 Å². The van der Waals surface area contributed by atoms with E-state index in [0.29, 0.717) is 26.2 Å². The van der Waals surface area contributed by atoms with E-state index in [0.717, 1.165) is 12.1 Å². The zero-order valence-corrected chi connectivity index (χ0v) is 11.4. The second-order valence-electron chi connectivity index (χ2n) is 3.63. The Morgan fingerprint density at radius 3 is 2.58 bits per heavy atom. The summed E-state index contributed by atoms with van der Waals surface area (Å²) in [4.78, 5) is 11.5. The van der Waals surface area contributed by atoms with Gasteiger partial charge in [0.25, 0.3) is 5.91 Å². The summed E-state index contributed by atoms with van der Waals surface area (Å²) in [6, 6.07) is 3.05. The normalized spacial score (nSPS) is 9.84. The molecule has 0 spiro atoms. The van der Waals surface area contributed by atoms with Gasteiger partial charge >= 0.3 is 0 Å². The second kappa shape index (κ2) is 9.66. The quantitative estimate of drug-likeness (QED) is 0.747. The van der Waals surface area contributed by atoms with Crippen LogP contribution in [-0.2, 0) is 4.74 Å². The monoisotopic (exact) mass is 294 g/mol. The molecule has 0 bridgehead atoms. The molecule has 0 unspecified atom stereocenters. The highest BCUT2D eigenvalue weighted by Crippen LogP contribution is 2.08. The molecule has 0 saturated heterocycles. The highest BCUT2D eigenvalue weighted by atomic mass is 35.5. The highest BCUT2D eigenvalue weighted by molar-refractivity contribution is 5.94. The van der Waals surface area contributed by atoms with Crippen LogP contribution in [0.3, 0.4) is 0 Å². The van der Waals surface area contributed by atoms with Crippen molar-refractivity contribution >= 4 is 18.3 Å². The molecule has 0 aliphatic rings. The lowest BCUT2D eigenvalue weighted by Gasteiger charge is -2.06. The molecule has 1 aromatic rings. The van der Waals surface area contributed by atoms with Gasteiger partial charge < -0.3 is 15.4 Å². The second-order valence-corrected chi connectivity index (χ2v) is 3.63. The minimum absolute atomic E-state index is 0. The van der Waals surface area contributed by atoms with Crippen molar-refractivity contribution in [2.75, 3.05) is 33.4 Å². The lowest BCUT2D eigenvalue weighted by atomic mass is 10.2. The van der Waals surface area contributed by atoms with Crippen LogP contribution in [0.4, 0.5) is 8.78 Å². The van der Waals surface area contributed by atoms with Gasteiger partial charge in [-0.15, -0.1) is 12.4 Å². The first kappa shape index (κ1) is 17.8. The minimum atomic E-state index is -1.03. The molecule has 19 heavy (non-hydrogen) atoms. The fraction of sp³-hybridized carbons (Fsp3) is 0.417. The van der Waals surface area contributed by atoms with E-state index in [1.807, 2.05) is 0 Å². The van der Waals surface area contributed by atoms with Crippen molar-refractivity contribution in [1.29, 1.82) is 0 Å². The van der Waals surface area contributed by atoms with E-state index in [-0.39, 0.29) is 18.0 Å². The van der Waals surface area contributed by atoms with Gasteiger partial charge in [0.1, 0.15) is 0 Å². The molecular formula is C12H17ClF2N2O2. The molecule has 0 aliphatic carbocycles. The average molecular weight is 295 g/mol. The third-order valence-corrected chi connectivity index (χ3v) is 2.25. The fourth-order valence-electron chi connectivity index (χ4n) is 1.30. The molecule has 0 atom stereocenters. The van der Waals surface area contributed by atoms with Crippen molar-refractivity contribution in [2.24, 2.45) is 0 Å². The number of rotatable bonds is 7. The molecule has 7 heteroatoms. The number of methoxy groups -OCH3 is 1. The smallest absolute Gasteiger partial charge is 0.251 e. The Kier molecular flexibility index (Phi) is 9.03. The van der Waals surface area contributed by atoms with Crippen LogP contribution < -0.4 is 10.6 Å². The summed E-state index contributed by atoms with van der Waals surface area (Å²) >= 11 is 0. The van der Waals surface area contributed by atoms with E-state index in [2.05, 4.69) is 10.6 Å². The lowest BCUT2D eigenvalue weighted by Crippen LogP contribution is -2.33. The van der Waals surface area contributed by atoms with E-state index in [4.69, 9.17) is 4.74 Å². The molecule has 1 rings (SSSR count). The number of hydrogen-bond acceptors (Lipinski definition) is 3. The number of hydrogen-bond donors (Lipinski definition) is 2. The van der Waals surface area contributed by atoms with E-state index in [9.17, 15) is 13.6 Å². The van der Waals surface area contributed by atoms with Crippen molar-refractivity contribution in [2.45, 2.75) is 0 Å². The van der Waals surface area contributed by atoms with Crippen LogP contribution in [-0.4, -0.2) is 39.3 Å². The molecule has 1 amide bonds. The number of benzene rings is 1. The Bertz CT molecular complexity index is 405. The molecule has 0 radical (unpaired) electrons. The topological polar surface area (TPSA) is 50.4 Å². The predicted molar refractivity (Wildman–Crippen MR) is 70.7 cm³/mol. The van der Waals surface area contributed by atoms with Crippen LogP contribution in [0.15, 0.2) is 18.2 Å². The average Bonchev–Trinajstić information content (AvgIpc) is 2.36. The zero-order chi connectivity index (χ0) is 13.4. The van der Waals surface area contributed by atoms with Crippen LogP contribution >= 0.6 is 12.4 Å². The summed E-state index contributed by atoms with van der Waals surface area (Å²) in [7, 11) is 1.60. The number of nitrogens with one attached hydrogen (secondary N) is 2. The molecule has 108 valence electrons. The van der Waals surface area contributed by atoms with Gasteiger partial charge in [0.2, 0.25) is 0 Å². The first-order chi connectivity index (χ1) is 8.65. The number of amides is 1. The number of carbonyl (C=O) groups excluding carboxylic acids is 1. The highest BCUT2D eigenvalue weighted by Gasteiger charge is 2.08. The van der Waals surface area contributed by atoms with Crippen molar-refractivity contribution < 1.29 is 18.3 Å². The van der Waals surface area contributed by atoms with Crippen LogP contribution in [0.25, 0.3) is 0 Å². The van der Waals surface area contributed by atoms with Crippen molar-refractivity contribution in [3.05, 3.63) is 35.4 Å². The molecule has 0 heterocycles. The molecule has 0 saturated carbocycles. The van der Waals surface area contributed by atoms with Crippen LogP contribution in [0.2, 0.25) is 0 Å². The molecule has 0 aliphatic heterocycles. The molecule has 0 fully saturated rings. The molecule has 2 N–H and O–H groups in total. The van der Waals surface area contributed by atoms with Gasteiger partial charge in [0.05, 0.1) is 6.61 Å². The van der Waals surface area contributed by atoms with E-state index in [1.165, 1.54) is 6.07 Å². The van der Waals surface area contributed by atoms with Gasteiger partial charge in [-0.3, -0.25) is 4.79 Å². The van der Waals surface area contributed by atoms with Gasteiger partial charge in [0, 0.05) is 32.3 Å². The molecule has 4 nitrogen and oxygen atoms in total. The summed E-state index contributed by atoms with van der Waals surface area (Å²) in [5, 5.41) is 5.63. The summed E-state index contributed by atoms with van der Waals surface area (Å²) < 4.78 is 30.4. The van der Waals surface area contributed by atoms with Gasteiger partial charge in [-0.1, -0.05) is 0 Å². The van der Waals surface area contributed by atoms with Crippen LogP contribution in [0.5, 0.6) is 0 Å². The fourth-order valence-corrected chi connectivity index (χ4v) is 1.30. The minimum Gasteiger partial charge on any atom is -0.383 e. The maximum absolute atomic E-state index is 12.9. The van der Waals surface area contributed by atoms with Crippen molar-refractivity contribution in [3.63, 3.8) is 0 Å². The van der Waals surface area contributed by atoms with Crippen LogP contribution in [0.1, 0.15) is 10.4 Å². The Balaban J connectivity index is 0.00000324. The molecular weight excluding hydrogens is 278 g/mol. The summed E-state index contributed by atoms with van der Waals surface area (Å²) in [5.41, 5.74) is 0.103. The maximum Gasteiger partial charge on any atom is 0.251 e. The first-order valence-corrected chi connectivity index (χ1v) is 5.58. The van der Waals surface area contributed by atoms with Crippen molar-refractivity contribution in [1.82, 2.24) is 10.6 Å². The predicted octanol–water partition coefficient (Wildman–Crippen LogP) is 1.35. The molecule has 0 aromatic heterocycles. The maximum atomic E-state index is 12.9.